The van der Waals surface area contributed by atoms with E-state index < -0.39 is 0 Å². The van der Waals surface area contributed by atoms with E-state index in [1.807, 2.05) is 0 Å². The monoisotopic (exact) mass is 238 g/mol. The van der Waals surface area contributed by atoms with Gasteiger partial charge in [0, 0.05) is 18.6 Å². The molecule has 2 heteroatoms. The van der Waals surface area contributed by atoms with E-state index in [-0.39, 0.29) is 0 Å². The topological polar surface area (TPSA) is 15.3 Å². The zero-order valence-electron chi connectivity index (χ0n) is 12.0. The van der Waals surface area contributed by atoms with E-state index >= 15 is 0 Å². The number of likely N-dealkylation sites (tertiary alicyclic amines) is 1. The summed E-state index contributed by atoms with van der Waals surface area (Å²) in [4.78, 5) is 2.55. The lowest BCUT2D eigenvalue weighted by molar-refractivity contribution is 0.135. The molecule has 1 aliphatic carbocycles. The Morgan fingerprint density at radius 1 is 1.12 bits per heavy atom. The second-order valence-corrected chi connectivity index (χ2v) is 6.83. The van der Waals surface area contributed by atoms with Crippen molar-refractivity contribution < 1.29 is 0 Å². The largest absolute Gasteiger partial charge is 0.312 e. The highest BCUT2D eigenvalue weighted by atomic mass is 15.2. The third-order valence-corrected chi connectivity index (χ3v) is 5.03. The van der Waals surface area contributed by atoms with Crippen molar-refractivity contribution in [1.82, 2.24) is 10.2 Å². The average Bonchev–Trinajstić information content (AvgIpc) is 2.29. The van der Waals surface area contributed by atoms with Gasteiger partial charge in [0.25, 0.3) is 0 Å². The van der Waals surface area contributed by atoms with Crippen LogP contribution in [0.25, 0.3) is 0 Å². The van der Waals surface area contributed by atoms with Crippen molar-refractivity contribution >= 4 is 0 Å². The number of nitrogens with zero attached hydrogens (tertiary/aromatic N) is 1. The first-order chi connectivity index (χ1) is 8.09. The first-order valence-electron chi connectivity index (χ1n) is 7.53. The van der Waals surface area contributed by atoms with Crippen LogP contribution in [-0.4, -0.2) is 37.1 Å². The van der Waals surface area contributed by atoms with Crippen LogP contribution in [-0.2, 0) is 0 Å². The molecule has 0 aromatic heterocycles. The van der Waals surface area contributed by atoms with Crippen LogP contribution in [0.5, 0.6) is 0 Å². The van der Waals surface area contributed by atoms with Crippen LogP contribution in [0.3, 0.4) is 0 Å². The maximum atomic E-state index is 3.87. The molecule has 2 fully saturated rings. The number of nitrogens with one attached hydrogen (secondary N) is 1. The molecule has 2 nitrogen and oxygen atoms in total. The predicted octanol–water partition coefficient (Wildman–Crippen LogP) is 3.03. The third kappa shape index (κ3) is 3.45. The molecular formula is C15H30N2. The molecule has 1 N–H and O–H groups in total. The Hall–Kier alpha value is -0.0800. The van der Waals surface area contributed by atoms with E-state index in [9.17, 15) is 0 Å². The smallest absolute Gasteiger partial charge is 0.0217 e. The van der Waals surface area contributed by atoms with Gasteiger partial charge in [-0.05, 0) is 44.7 Å². The lowest BCUT2D eigenvalue weighted by atomic mass is 9.73. The molecule has 17 heavy (non-hydrogen) atoms. The number of likely N-dealkylation sites (N-methyl/N-ethyl adjacent to an activating group) is 1. The second-order valence-electron chi connectivity index (χ2n) is 6.83. The fourth-order valence-electron chi connectivity index (χ4n) is 3.55. The quantitative estimate of drug-likeness (QED) is 0.813. The van der Waals surface area contributed by atoms with Gasteiger partial charge in [-0.1, -0.05) is 33.1 Å². The van der Waals surface area contributed by atoms with Crippen LogP contribution in [0.15, 0.2) is 0 Å². The standard InChI is InChI=1S/C15H30N2/c1-15(2)10-6-4-9-14(15)16-12-13-8-5-7-11-17(13)3/h13-14,16H,4-12H2,1-3H3. The summed E-state index contributed by atoms with van der Waals surface area (Å²) in [6.45, 7) is 7.37. The highest BCUT2D eigenvalue weighted by Gasteiger charge is 2.32. The lowest BCUT2D eigenvalue weighted by Crippen LogP contribution is -2.50. The summed E-state index contributed by atoms with van der Waals surface area (Å²) in [7, 11) is 2.29. The molecule has 2 aliphatic rings. The molecule has 0 aromatic rings. The van der Waals surface area contributed by atoms with E-state index in [1.54, 1.807) is 0 Å². The number of hydrogen-bond acceptors (Lipinski definition) is 2. The van der Waals surface area contributed by atoms with Crippen LogP contribution < -0.4 is 5.32 Å². The minimum atomic E-state index is 0.505. The highest BCUT2D eigenvalue weighted by molar-refractivity contribution is 4.89. The van der Waals surface area contributed by atoms with Gasteiger partial charge >= 0.3 is 0 Å². The van der Waals surface area contributed by atoms with Crippen LogP contribution in [0.1, 0.15) is 58.8 Å². The van der Waals surface area contributed by atoms with Gasteiger partial charge in [-0.2, -0.15) is 0 Å². The van der Waals surface area contributed by atoms with Gasteiger partial charge in [0.2, 0.25) is 0 Å². The number of piperidine rings is 1. The van der Waals surface area contributed by atoms with Crippen LogP contribution in [0, 0.1) is 5.41 Å². The highest BCUT2D eigenvalue weighted by Crippen LogP contribution is 2.35. The first-order valence-corrected chi connectivity index (χ1v) is 7.53. The van der Waals surface area contributed by atoms with Crippen LogP contribution in [0.2, 0.25) is 0 Å². The van der Waals surface area contributed by atoms with Crippen molar-refractivity contribution in [2.45, 2.75) is 70.9 Å². The molecule has 0 spiro atoms. The van der Waals surface area contributed by atoms with Crippen LogP contribution >= 0.6 is 0 Å². The summed E-state index contributed by atoms with van der Waals surface area (Å²) in [6.07, 6.45) is 9.81. The Labute approximate surface area is 107 Å². The molecule has 1 saturated carbocycles. The zero-order valence-corrected chi connectivity index (χ0v) is 12.0. The molecule has 1 saturated heterocycles. The third-order valence-electron chi connectivity index (χ3n) is 5.03. The molecule has 0 amide bonds. The maximum absolute atomic E-state index is 3.87. The molecular weight excluding hydrogens is 208 g/mol. The molecule has 2 unspecified atom stereocenters. The molecule has 100 valence electrons. The van der Waals surface area contributed by atoms with E-state index in [2.05, 4.69) is 31.1 Å². The summed E-state index contributed by atoms with van der Waals surface area (Å²) in [5.74, 6) is 0. The van der Waals surface area contributed by atoms with Crippen molar-refractivity contribution in [2.75, 3.05) is 20.1 Å². The summed E-state index contributed by atoms with van der Waals surface area (Å²) in [6, 6.07) is 1.52. The molecule has 1 aliphatic heterocycles. The minimum Gasteiger partial charge on any atom is -0.312 e. The van der Waals surface area contributed by atoms with Gasteiger partial charge in [-0.3, -0.25) is 0 Å². The van der Waals surface area contributed by atoms with Gasteiger partial charge in [0.1, 0.15) is 0 Å². The van der Waals surface area contributed by atoms with E-state index in [1.165, 1.54) is 58.0 Å². The van der Waals surface area contributed by atoms with Crippen LogP contribution in [0.4, 0.5) is 0 Å². The molecule has 0 radical (unpaired) electrons. The molecule has 0 bridgehead atoms. The Kier molecular flexibility index (Phi) is 4.48. The molecule has 2 rings (SSSR count). The normalized spacial score (nSPS) is 34.8. The SMILES string of the molecule is CN1CCCCC1CNC1CCCCC1(C)C. The van der Waals surface area contributed by atoms with Crippen molar-refractivity contribution in [3.63, 3.8) is 0 Å². The van der Waals surface area contributed by atoms with Gasteiger partial charge in [0.05, 0.1) is 0 Å². The maximum Gasteiger partial charge on any atom is 0.0217 e. The van der Waals surface area contributed by atoms with Crippen molar-refractivity contribution in [3.8, 4) is 0 Å². The molecule has 1 heterocycles. The van der Waals surface area contributed by atoms with Crippen molar-refractivity contribution in [1.29, 1.82) is 0 Å². The second kappa shape index (κ2) is 5.71. The zero-order chi connectivity index (χ0) is 12.3. The fourth-order valence-corrected chi connectivity index (χ4v) is 3.55. The minimum absolute atomic E-state index is 0.505. The fraction of sp³-hybridized carbons (Fsp3) is 1.00. The summed E-state index contributed by atoms with van der Waals surface area (Å²) in [5.41, 5.74) is 0.505. The van der Waals surface area contributed by atoms with E-state index in [0.717, 1.165) is 12.1 Å². The Balaban J connectivity index is 1.80. The number of rotatable bonds is 3. The van der Waals surface area contributed by atoms with Gasteiger partial charge in [-0.15, -0.1) is 0 Å². The van der Waals surface area contributed by atoms with Crippen molar-refractivity contribution in [3.05, 3.63) is 0 Å². The average molecular weight is 238 g/mol. The summed E-state index contributed by atoms with van der Waals surface area (Å²) >= 11 is 0. The Morgan fingerprint density at radius 2 is 1.88 bits per heavy atom. The molecule has 0 aromatic carbocycles. The van der Waals surface area contributed by atoms with E-state index in [0.29, 0.717) is 5.41 Å². The van der Waals surface area contributed by atoms with Gasteiger partial charge in [-0.25, -0.2) is 0 Å². The van der Waals surface area contributed by atoms with Gasteiger partial charge in [0.15, 0.2) is 0 Å². The summed E-state index contributed by atoms with van der Waals surface area (Å²) in [5, 5.41) is 3.87. The van der Waals surface area contributed by atoms with Crippen molar-refractivity contribution in [2.24, 2.45) is 5.41 Å². The van der Waals surface area contributed by atoms with E-state index in [4.69, 9.17) is 0 Å². The molecule has 2 atom stereocenters. The number of hydrogen-bond donors (Lipinski definition) is 1. The first kappa shape index (κ1) is 13.4. The Morgan fingerprint density at radius 3 is 2.59 bits per heavy atom. The summed E-state index contributed by atoms with van der Waals surface area (Å²) < 4.78 is 0. The van der Waals surface area contributed by atoms with Gasteiger partial charge < -0.3 is 10.2 Å². The lowest BCUT2D eigenvalue weighted by Gasteiger charge is -2.41. The predicted molar refractivity (Wildman–Crippen MR) is 74.3 cm³/mol. The Bertz CT molecular complexity index is 237.